The number of likely N-dealkylation sites (tertiary alicyclic amines) is 1. The topological polar surface area (TPSA) is 107 Å². The van der Waals surface area contributed by atoms with Crippen molar-refractivity contribution in [3.05, 3.63) is 22.4 Å². The molecule has 1 fully saturated rings. The first-order valence-electron chi connectivity index (χ1n) is 6.42. The lowest BCUT2D eigenvalue weighted by atomic mass is 10.1. The normalized spacial score (nSPS) is 18.6. The maximum absolute atomic E-state index is 11.7. The number of amides is 2. The highest BCUT2D eigenvalue weighted by Gasteiger charge is 2.29. The van der Waals surface area contributed by atoms with Gasteiger partial charge in [-0.2, -0.15) is 0 Å². The molecule has 2 heterocycles. The average Bonchev–Trinajstić information content (AvgIpc) is 3.00. The number of nitrogens with zero attached hydrogens (tertiary/aromatic N) is 1. The zero-order valence-electron chi connectivity index (χ0n) is 11.3. The third-order valence-electron chi connectivity index (χ3n) is 3.25. The minimum absolute atomic E-state index is 0.0800. The molecule has 1 saturated heterocycles. The summed E-state index contributed by atoms with van der Waals surface area (Å²) in [6.45, 7) is 2.10. The molecule has 0 radical (unpaired) electrons. The van der Waals surface area contributed by atoms with Crippen LogP contribution in [0.3, 0.4) is 0 Å². The first-order chi connectivity index (χ1) is 9.60. The van der Waals surface area contributed by atoms with Crippen molar-refractivity contribution in [1.29, 1.82) is 0 Å². The molecule has 0 spiro atoms. The molecule has 1 aromatic heterocycles. The van der Waals surface area contributed by atoms with Gasteiger partial charge in [0.15, 0.2) is 0 Å². The average molecular weight is 282 g/mol. The van der Waals surface area contributed by atoms with Gasteiger partial charge >= 0.3 is 5.69 Å². The smallest absolute Gasteiger partial charge is 0.323 e. The number of H-pyrrole nitrogens is 2. The first kappa shape index (κ1) is 14.3. The van der Waals surface area contributed by atoms with Gasteiger partial charge in [-0.3, -0.25) is 9.59 Å². The van der Waals surface area contributed by atoms with Crippen molar-refractivity contribution in [3.8, 4) is 0 Å². The van der Waals surface area contributed by atoms with E-state index in [0.29, 0.717) is 32.7 Å². The van der Waals surface area contributed by atoms with Gasteiger partial charge in [-0.15, -0.1) is 0 Å². The summed E-state index contributed by atoms with van der Waals surface area (Å²) in [4.78, 5) is 40.8. The summed E-state index contributed by atoms with van der Waals surface area (Å²) in [5.41, 5.74) is -0.229. The molecule has 0 bridgehead atoms. The molecule has 3 N–H and O–H groups in total. The molecule has 2 rings (SSSR count). The Morgan fingerprint density at radius 1 is 1.55 bits per heavy atom. The number of hydrogen-bond acceptors (Lipinski definition) is 4. The predicted molar refractivity (Wildman–Crippen MR) is 70.3 cm³/mol. The van der Waals surface area contributed by atoms with E-state index in [1.54, 1.807) is 12.0 Å². The third-order valence-corrected chi connectivity index (χ3v) is 3.25. The Kier molecular flexibility index (Phi) is 4.57. The van der Waals surface area contributed by atoms with Crippen molar-refractivity contribution in [2.45, 2.75) is 6.42 Å². The molecule has 110 valence electrons. The first-order valence-corrected chi connectivity index (χ1v) is 6.42. The molecule has 0 unspecified atom stereocenters. The van der Waals surface area contributed by atoms with E-state index >= 15 is 0 Å². The van der Waals surface area contributed by atoms with Crippen molar-refractivity contribution in [2.24, 2.45) is 5.92 Å². The number of nitrogens with one attached hydrogen (secondary N) is 3. The fourth-order valence-corrected chi connectivity index (χ4v) is 2.20. The second kappa shape index (κ2) is 6.38. The van der Waals surface area contributed by atoms with Crippen molar-refractivity contribution >= 4 is 11.8 Å². The van der Waals surface area contributed by atoms with Crippen LogP contribution in [-0.4, -0.2) is 60.0 Å². The SMILES string of the molecule is COCCN1C[C@H](CNC(=O)c2c[nH]c(=O)[nH]2)CC1=O. The Morgan fingerprint density at radius 2 is 2.35 bits per heavy atom. The molecule has 8 nitrogen and oxygen atoms in total. The van der Waals surface area contributed by atoms with E-state index in [-0.39, 0.29) is 23.4 Å². The van der Waals surface area contributed by atoms with Gasteiger partial charge in [0.25, 0.3) is 5.91 Å². The van der Waals surface area contributed by atoms with Gasteiger partial charge in [-0.05, 0) is 0 Å². The van der Waals surface area contributed by atoms with Crippen LogP contribution in [0, 0.1) is 5.92 Å². The maximum Gasteiger partial charge on any atom is 0.323 e. The summed E-state index contributed by atoms with van der Waals surface area (Å²) >= 11 is 0. The minimum Gasteiger partial charge on any atom is -0.383 e. The minimum atomic E-state index is -0.420. The fourth-order valence-electron chi connectivity index (χ4n) is 2.20. The summed E-state index contributed by atoms with van der Waals surface area (Å²) in [5, 5.41) is 2.71. The van der Waals surface area contributed by atoms with Crippen molar-refractivity contribution < 1.29 is 14.3 Å². The Hall–Kier alpha value is -2.09. The number of ether oxygens (including phenoxy) is 1. The molecule has 0 aromatic carbocycles. The molecular weight excluding hydrogens is 264 g/mol. The third kappa shape index (κ3) is 3.47. The molecule has 1 aromatic rings. The van der Waals surface area contributed by atoms with Crippen LogP contribution in [0.5, 0.6) is 0 Å². The van der Waals surface area contributed by atoms with E-state index in [4.69, 9.17) is 4.74 Å². The monoisotopic (exact) mass is 282 g/mol. The number of aromatic amines is 2. The van der Waals surface area contributed by atoms with Crippen LogP contribution in [-0.2, 0) is 9.53 Å². The summed E-state index contributed by atoms with van der Waals surface area (Å²) in [7, 11) is 1.59. The Bertz CT molecular complexity index is 536. The second-order valence-corrected chi connectivity index (χ2v) is 4.77. The quantitative estimate of drug-likeness (QED) is 0.617. The largest absolute Gasteiger partial charge is 0.383 e. The van der Waals surface area contributed by atoms with Crippen LogP contribution in [0.25, 0.3) is 0 Å². The van der Waals surface area contributed by atoms with Crippen molar-refractivity contribution in [3.63, 3.8) is 0 Å². The van der Waals surface area contributed by atoms with Gasteiger partial charge in [-0.25, -0.2) is 4.79 Å². The highest BCUT2D eigenvalue weighted by atomic mass is 16.5. The molecule has 1 aliphatic heterocycles. The zero-order valence-corrected chi connectivity index (χ0v) is 11.3. The second-order valence-electron chi connectivity index (χ2n) is 4.77. The van der Waals surface area contributed by atoms with Crippen LogP contribution < -0.4 is 11.0 Å². The lowest BCUT2D eigenvalue weighted by molar-refractivity contribution is -0.128. The van der Waals surface area contributed by atoms with Gasteiger partial charge < -0.3 is 24.9 Å². The number of imidazole rings is 1. The fraction of sp³-hybridized carbons (Fsp3) is 0.583. The van der Waals surface area contributed by atoms with Gasteiger partial charge in [0.2, 0.25) is 5.91 Å². The number of aromatic nitrogens is 2. The molecule has 8 heteroatoms. The Morgan fingerprint density at radius 3 is 3.00 bits per heavy atom. The van der Waals surface area contributed by atoms with Crippen molar-refractivity contribution in [2.75, 3.05) is 33.4 Å². The Labute approximate surface area is 115 Å². The zero-order chi connectivity index (χ0) is 14.5. The van der Waals surface area contributed by atoms with Crippen molar-refractivity contribution in [1.82, 2.24) is 20.2 Å². The standard InChI is InChI=1S/C12H18N4O4/c1-20-3-2-16-7-8(4-10(16)17)5-13-11(18)9-6-14-12(19)15-9/h6,8H,2-5,7H2,1H3,(H,13,18)(H2,14,15,19)/t8-/m0/s1. The highest BCUT2D eigenvalue weighted by molar-refractivity contribution is 5.92. The summed E-state index contributed by atoms with van der Waals surface area (Å²) < 4.78 is 4.94. The molecule has 0 saturated carbocycles. The van der Waals surface area contributed by atoms with Gasteiger partial charge in [-0.1, -0.05) is 0 Å². The van der Waals surface area contributed by atoms with E-state index in [0.717, 1.165) is 0 Å². The van der Waals surface area contributed by atoms with E-state index in [1.807, 2.05) is 0 Å². The molecule has 1 aliphatic rings. The summed E-state index contributed by atoms with van der Waals surface area (Å²) in [6.07, 6.45) is 1.75. The molecule has 1 atom stereocenters. The predicted octanol–water partition coefficient (Wildman–Crippen LogP) is -1.07. The van der Waals surface area contributed by atoms with Crippen LogP contribution in [0.15, 0.2) is 11.0 Å². The molecule has 20 heavy (non-hydrogen) atoms. The highest BCUT2D eigenvalue weighted by Crippen LogP contribution is 2.16. The maximum atomic E-state index is 11.7. The van der Waals surface area contributed by atoms with Crippen LogP contribution in [0.4, 0.5) is 0 Å². The van der Waals surface area contributed by atoms with Crippen LogP contribution in [0.1, 0.15) is 16.9 Å². The van der Waals surface area contributed by atoms with E-state index in [1.165, 1.54) is 6.20 Å². The van der Waals surface area contributed by atoms with Gasteiger partial charge in [0.05, 0.1) is 6.61 Å². The number of hydrogen-bond donors (Lipinski definition) is 3. The lowest BCUT2D eigenvalue weighted by Crippen LogP contribution is -2.32. The number of rotatable bonds is 6. The van der Waals surface area contributed by atoms with Gasteiger partial charge in [0.1, 0.15) is 5.69 Å². The lowest BCUT2D eigenvalue weighted by Gasteiger charge is -2.16. The van der Waals surface area contributed by atoms with E-state index in [9.17, 15) is 14.4 Å². The number of carbonyl (C=O) groups excluding carboxylic acids is 2. The van der Waals surface area contributed by atoms with E-state index in [2.05, 4.69) is 15.3 Å². The van der Waals surface area contributed by atoms with Crippen LogP contribution in [0.2, 0.25) is 0 Å². The Balaban J connectivity index is 1.79. The van der Waals surface area contributed by atoms with Crippen LogP contribution >= 0.6 is 0 Å². The number of carbonyl (C=O) groups is 2. The molecular formula is C12H18N4O4. The van der Waals surface area contributed by atoms with Gasteiger partial charge in [0, 0.05) is 45.3 Å². The van der Waals surface area contributed by atoms with E-state index < -0.39 is 5.69 Å². The summed E-state index contributed by atoms with van der Waals surface area (Å²) in [6, 6.07) is 0. The number of methoxy groups -OCH3 is 1. The summed E-state index contributed by atoms with van der Waals surface area (Å²) in [5.74, 6) is -0.184. The molecule has 2 amide bonds. The molecule has 0 aliphatic carbocycles.